The SMILES string of the molecule is O=C(Nc1cnc(Cl)c(Br)c1)c1cc(Br)cn1C1CC1. The van der Waals surface area contributed by atoms with E-state index in [4.69, 9.17) is 11.6 Å². The van der Waals surface area contributed by atoms with Crippen LogP contribution in [0.25, 0.3) is 0 Å². The van der Waals surface area contributed by atoms with E-state index < -0.39 is 0 Å². The fourth-order valence-electron chi connectivity index (χ4n) is 1.97. The Morgan fingerprint density at radius 1 is 1.40 bits per heavy atom. The van der Waals surface area contributed by atoms with E-state index in [1.54, 1.807) is 6.07 Å². The van der Waals surface area contributed by atoms with E-state index in [1.807, 2.05) is 16.8 Å². The van der Waals surface area contributed by atoms with Gasteiger partial charge in [-0.2, -0.15) is 0 Å². The zero-order chi connectivity index (χ0) is 14.3. The Hall–Kier alpha value is -0.850. The maximum absolute atomic E-state index is 12.3. The second-order valence-electron chi connectivity index (χ2n) is 4.63. The van der Waals surface area contributed by atoms with Gasteiger partial charge in [0.15, 0.2) is 0 Å². The molecule has 3 rings (SSSR count). The summed E-state index contributed by atoms with van der Waals surface area (Å²) in [5, 5.41) is 3.20. The van der Waals surface area contributed by atoms with Crippen LogP contribution in [0.2, 0.25) is 5.15 Å². The van der Waals surface area contributed by atoms with Crippen LogP contribution in [0.5, 0.6) is 0 Å². The van der Waals surface area contributed by atoms with Gasteiger partial charge in [0.1, 0.15) is 10.8 Å². The summed E-state index contributed by atoms with van der Waals surface area (Å²) in [5.41, 5.74) is 1.25. The van der Waals surface area contributed by atoms with E-state index in [2.05, 4.69) is 42.2 Å². The molecule has 4 nitrogen and oxygen atoms in total. The van der Waals surface area contributed by atoms with Crippen molar-refractivity contribution in [3.63, 3.8) is 0 Å². The molecule has 1 amide bonds. The molecule has 0 spiro atoms. The Morgan fingerprint density at radius 3 is 2.80 bits per heavy atom. The van der Waals surface area contributed by atoms with Crippen LogP contribution in [-0.4, -0.2) is 15.5 Å². The van der Waals surface area contributed by atoms with E-state index in [0.29, 0.717) is 27.0 Å². The molecule has 7 heteroatoms. The zero-order valence-electron chi connectivity index (χ0n) is 10.2. The van der Waals surface area contributed by atoms with Gasteiger partial charge in [-0.25, -0.2) is 4.98 Å². The Balaban J connectivity index is 1.84. The number of halogens is 3. The average Bonchev–Trinajstić information content (AvgIpc) is 3.17. The minimum atomic E-state index is -0.154. The van der Waals surface area contributed by atoms with Gasteiger partial charge >= 0.3 is 0 Å². The summed E-state index contributed by atoms with van der Waals surface area (Å²) in [4.78, 5) is 16.3. The van der Waals surface area contributed by atoms with Gasteiger partial charge in [0, 0.05) is 16.7 Å². The molecular formula is C13H10Br2ClN3O. The number of carbonyl (C=O) groups is 1. The van der Waals surface area contributed by atoms with Crippen molar-refractivity contribution < 1.29 is 4.79 Å². The highest BCUT2D eigenvalue weighted by Crippen LogP contribution is 2.37. The lowest BCUT2D eigenvalue weighted by Crippen LogP contribution is -2.16. The molecule has 0 radical (unpaired) electrons. The summed E-state index contributed by atoms with van der Waals surface area (Å²) in [6, 6.07) is 4.00. The highest BCUT2D eigenvalue weighted by Gasteiger charge is 2.27. The molecule has 2 aromatic rings. The third kappa shape index (κ3) is 2.92. The van der Waals surface area contributed by atoms with E-state index >= 15 is 0 Å². The number of carbonyl (C=O) groups excluding carboxylic acids is 1. The number of nitrogens with one attached hydrogen (secondary N) is 1. The molecule has 104 valence electrons. The maximum atomic E-state index is 12.3. The zero-order valence-corrected chi connectivity index (χ0v) is 14.2. The highest BCUT2D eigenvalue weighted by molar-refractivity contribution is 9.10. The number of pyridine rings is 1. The quantitative estimate of drug-likeness (QED) is 0.737. The first kappa shape index (κ1) is 14.1. The van der Waals surface area contributed by atoms with Crippen molar-refractivity contribution in [3.05, 3.63) is 44.3 Å². The van der Waals surface area contributed by atoms with Gasteiger partial charge in [0.25, 0.3) is 5.91 Å². The molecule has 1 saturated carbocycles. The largest absolute Gasteiger partial charge is 0.339 e. The van der Waals surface area contributed by atoms with Gasteiger partial charge in [-0.1, -0.05) is 11.6 Å². The Labute approximate surface area is 137 Å². The first-order valence-electron chi connectivity index (χ1n) is 6.04. The smallest absolute Gasteiger partial charge is 0.272 e. The molecule has 0 unspecified atom stereocenters. The Kier molecular flexibility index (Phi) is 3.88. The normalized spacial score (nSPS) is 14.3. The van der Waals surface area contributed by atoms with Gasteiger partial charge in [-0.05, 0) is 56.8 Å². The van der Waals surface area contributed by atoms with Crippen LogP contribution >= 0.6 is 43.5 Å². The van der Waals surface area contributed by atoms with E-state index in [1.165, 1.54) is 6.20 Å². The average molecular weight is 420 g/mol. The van der Waals surface area contributed by atoms with Gasteiger partial charge in [-0.15, -0.1) is 0 Å². The molecule has 1 aliphatic carbocycles. The second-order valence-corrected chi connectivity index (χ2v) is 6.76. The molecule has 20 heavy (non-hydrogen) atoms. The summed E-state index contributed by atoms with van der Waals surface area (Å²) >= 11 is 12.5. The maximum Gasteiger partial charge on any atom is 0.272 e. The third-order valence-corrected chi connectivity index (χ3v) is 4.61. The van der Waals surface area contributed by atoms with Crippen molar-refractivity contribution in [2.75, 3.05) is 5.32 Å². The molecule has 1 N–H and O–H groups in total. The minimum absolute atomic E-state index is 0.154. The third-order valence-electron chi connectivity index (χ3n) is 3.04. The molecule has 1 aliphatic rings. The predicted molar refractivity (Wildman–Crippen MR) is 85.3 cm³/mol. The van der Waals surface area contributed by atoms with Crippen LogP contribution in [0, 0.1) is 0 Å². The monoisotopic (exact) mass is 417 g/mol. The molecule has 0 bridgehead atoms. The fraction of sp³-hybridized carbons (Fsp3) is 0.231. The minimum Gasteiger partial charge on any atom is -0.339 e. The van der Waals surface area contributed by atoms with Crippen molar-refractivity contribution in [2.45, 2.75) is 18.9 Å². The molecule has 0 aromatic carbocycles. The fourth-order valence-corrected chi connectivity index (χ4v) is 2.86. The summed E-state index contributed by atoms with van der Waals surface area (Å²) in [7, 11) is 0. The lowest BCUT2D eigenvalue weighted by molar-refractivity contribution is 0.101. The van der Waals surface area contributed by atoms with Crippen LogP contribution in [0.3, 0.4) is 0 Å². The van der Waals surface area contributed by atoms with Crippen LogP contribution in [0.15, 0.2) is 33.5 Å². The van der Waals surface area contributed by atoms with E-state index in [-0.39, 0.29) is 5.91 Å². The molecule has 0 saturated heterocycles. The molecule has 2 aromatic heterocycles. The summed E-state index contributed by atoms with van der Waals surface area (Å²) < 4.78 is 3.57. The second kappa shape index (κ2) is 5.50. The molecule has 0 atom stereocenters. The van der Waals surface area contributed by atoms with Crippen molar-refractivity contribution in [1.29, 1.82) is 0 Å². The van der Waals surface area contributed by atoms with Crippen molar-refractivity contribution in [1.82, 2.24) is 9.55 Å². The molecule has 0 aliphatic heterocycles. The number of nitrogens with zero attached hydrogens (tertiary/aromatic N) is 2. The first-order valence-corrected chi connectivity index (χ1v) is 8.01. The van der Waals surface area contributed by atoms with E-state index in [0.717, 1.165) is 17.3 Å². The topological polar surface area (TPSA) is 46.9 Å². The summed E-state index contributed by atoms with van der Waals surface area (Å²) in [5.74, 6) is -0.154. The number of hydrogen-bond donors (Lipinski definition) is 1. The molecule has 2 heterocycles. The van der Waals surface area contributed by atoms with Gasteiger partial charge < -0.3 is 9.88 Å². The Morgan fingerprint density at radius 2 is 2.15 bits per heavy atom. The first-order chi connectivity index (χ1) is 9.54. The van der Waals surface area contributed by atoms with Crippen LogP contribution in [0.1, 0.15) is 29.4 Å². The number of hydrogen-bond acceptors (Lipinski definition) is 2. The van der Waals surface area contributed by atoms with Crippen LogP contribution < -0.4 is 5.32 Å². The van der Waals surface area contributed by atoms with Gasteiger partial charge in [-0.3, -0.25) is 4.79 Å². The lowest BCUT2D eigenvalue weighted by atomic mass is 10.3. The van der Waals surface area contributed by atoms with Crippen molar-refractivity contribution in [3.8, 4) is 0 Å². The summed E-state index contributed by atoms with van der Waals surface area (Å²) in [6.07, 6.45) is 5.72. The van der Waals surface area contributed by atoms with E-state index in [9.17, 15) is 4.79 Å². The number of aromatic nitrogens is 2. The molecule has 1 fully saturated rings. The van der Waals surface area contributed by atoms with Crippen molar-refractivity contribution >= 4 is 55.1 Å². The van der Waals surface area contributed by atoms with Gasteiger partial charge in [0.2, 0.25) is 0 Å². The standard InChI is InChI=1S/C13H10Br2ClN3O/c14-7-3-11(19(6-7)9-1-2-9)13(20)18-8-4-10(15)12(16)17-5-8/h3-6,9H,1-2H2,(H,18,20). The number of amides is 1. The number of rotatable bonds is 3. The predicted octanol–water partition coefficient (Wildman–Crippen LogP) is 4.65. The molecular weight excluding hydrogens is 409 g/mol. The van der Waals surface area contributed by atoms with Crippen LogP contribution in [0.4, 0.5) is 5.69 Å². The van der Waals surface area contributed by atoms with Gasteiger partial charge in [0.05, 0.1) is 16.4 Å². The highest BCUT2D eigenvalue weighted by atomic mass is 79.9. The number of anilines is 1. The summed E-state index contributed by atoms with van der Waals surface area (Å²) in [6.45, 7) is 0. The Bertz CT molecular complexity index is 682. The lowest BCUT2D eigenvalue weighted by Gasteiger charge is -2.09. The van der Waals surface area contributed by atoms with Crippen molar-refractivity contribution in [2.24, 2.45) is 0 Å². The van der Waals surface area contributed by atoms with Crippen LogP contribution in [-0.2, 0) is 0 Å².